The van der Waals surface area contributed by atoms with Crippen LogP contribution in [0.4, 0.5) is 0 Å². The van der Waals surface area contributed by atoms with E-state index in [9.17, 15) is 13.2 Å². The molecule has 2 N–H and O–H groups in total. The predicted octanol–water partition coefficient (Wildman–Crippen LogP) is 1.86. The van der Waals surface area contributed by atoms with Gasteiger partial charge in [0.2, 0.25) is 5.91 Å². The lowest BCUT2D eigenvalue weighted by molar-refractivity contribution is -0.128. The second-order valence-electron chi connectivity index (χ2n) is 6.98. The Morgan fingerprint density at radius 3 is 2.68 bits per heavy atom. The number of carbonyl (C=O) groups is 1. The summed E-state index contributed by atoms with van der Waals surface area (Å²) in [5, 5.41) is 6.10. The molecule has 0 aliphatic carbocycles. The normalized spacial score (nSPS) is 16.8. The van der Waals surface area contributed by atoms with E-state index in [0.717, 1.165) is 17.8 Å². The van der Waals surface area contributed by atoms with E-state index in [-0.39, 0.29) is 18.3 Å². The van der Waals surface area contributed by atoms with Crippen LogP contribution >= 0.6 is 23.7 Å². The Kier molecular flexibility index (Phi) is 8.34. The molecule has 1 aromatic rings. The number of carbonyl (C=O) groups excluding carboxylic acids is 1. The molecule has 0 atom stereocenters. The van der Waals surface area contributed by atoms with Crippen molar-refractivity contribution >= 4 is 39.7 Å². The second-order valence-corrected chi connectivity index (χ2v) is 10.3. The van der Waals surface area contributed by atoms with Gasteiger partial charge in [-0.1, -0.05) is 20.8 Å². The summed E-state index contributed by atoms with van der Waals surface area (Å²) in [5.41, 5.74) is -0.412. The van der Waals surface area contributed by atoms with Crippen LogP contribution in [0.3, 0.4) is 0 Å². The summed E-state index contributed by atoms with van der Waals surface area (Å²) >= 11 is 1.30. The van der Waals surface area contributed by atoms with Crippen LogP contribution in [0.2, 0.25) is 0 Å². The minimum absolute atomic E-state index is 0. The summed E-state index contributed by atoms with van der Waals surface area (Å²) in [6.45, 7) is 8.74. The van der Waals surface area contributed by atoms with Crippen molar-refractivity contribution in [2.24, 2.45) is 5.41 Å². The molecule has 0 bridgehead atoms. The molecule has 2 rings (SSSR count). The third-order valence-corrected chi connectivity index (χ3v) is 7.38. The standard InChI is InChI=1S/C16H27N3O3S2.ClH/c1-16(2,3)15(20)18-9-7-13-5-6-14(23-13)24(21,22)19-11-4-8-17-10-12-19;/h5-6,17H,4,7-12H2,1-3H3,(H,18,20);1H. The van der Waals surface area contributed by atoms with Gasteiger partial charge in [-0.05, 0) is 31.5 Å². The number of hydrogen-bond donors (Lipinski definition) is 2. The molecule has 0 spiro atoms. The third kappa shape index (κ3) is 6.21. The highest BCUT2D eigenvalue weighted by Gasteiger charge is 2.26. The molecule has 1 aromatic heterocycles. The van der Waals surface area contributed by atoms with Crippen molar-refractivity contribution in [3.63, 3.8) is 0 Å². The number of nitrogens with one attached hydrogen (secondary N) is 2. The third-order valence-electron chi connectivity index (χ3n) is 3.87. The SMILES string of the molecule is CC(C)(C)C(=O)NCCc1ccc(S(=O)(=O)N2CCCNCC2)s1.Cl. The molecule has 144 valence electrons. The van der Waals surface area contributed by atoms with Crippen molar-refractivity contribution in [3.05, 3.63) is 17.0 Å². The fraction of sp³-hybridized carbons (Fsp3) is 0.688. The van der Waals surface area contributed by atoms with E-state index in [1.54, 1.807) is 10.4 Å². The summed E-state index contributed by atoms with van der Waals surface area (Å²) in [6, 6.07) is 3.52. The average molecular weight is 410 g/mol. The Morgan fingerprint density at radius 2 is 2.00 bits per heavy atom. The van der Waals surface area contributed by atoms with E-state index in [2.05, 4.69) is 10.6 Å². The van der Waals surface area contributed by atoms with Gasteiger partial charge >= 0.3 is 0 Å². The monoisotopic (exact) mass is 409 g/mol. The molecule has 1 amide bonds. The van der Waals surface area contributed by atoms with Gasteiger partial charge in [-0.3, -0.25) is 4.79 Å². The van der Waals surface area contributed by atoms with Gasteiger partial charge in [0.1, 0.15) is 4.21 Å². The van der Waals surface area contributed by atoms with Crippen LogP contribution in [0.1, 0.15) is 32.1 Å². The number of sulfonamides is 1. The summed E-state index contributed by atoms with van der Waals surface area (Å²) in [4.78, 5) is 12.8. The highest BCUT2D eigenvalue weighted by Crippen LogP contribution is 2.25. The Balaban J connectivity index is 0.00000312. The Hall–Kier alpha value is -0.670. The van der Waals surface area contributed by atoms with E-state index >= 15 is 0 Å². The smallest absolute Gasteiger partial charge is 0.252 e. The highest BCUT2D eigenvalue weighted by molar-refractivity contribution is 7.91. The maximum atomic E-state index is 12.7. The highest BCUT2D eigenvalue weighted by atomic mass is 35.5. The Labute approximate surface area is 160 Å². The Bertz CT molecular complexity index is 660. The van der Waals surface area contributed by atoms with Crippen LogP contribution in [0, 0.1) is 5.41 Å². The quantitative estimate of drug-likeness (QED) is 0.778. The van der Waals surface area contributed by atoms with E-state index < -0.39 is 15.4 Å². The average Bonchev–Trinajstić information content (AvgIpc) is 2.80. The topological polar surface area (TPSA) is 78.5 Å². The molecule has 1 aliphatic rings. The fourth-order valence-electron chi connectivity index (χ4n) is 2.38. The predicted molar refractivity (Wildman–Crippen MR) is 104 cm³/mol. The maximum absolute atomic E-state index is 12.7. The molecule has 0 unspecified atom stereocenters. The summed E-state index contributed by atoms with van der Waals surface area (Å²) in [7, 11) is -3.40. The zero-order valence-corrected chi connectivity index (χ0v) is 17.5. The van der Waals surface area contributed by atoms with E-state index in [0.29, 0.717) is 36.8 Å². The van der Waals surface area contributed by atoms with E-state index in [1.807, 2.05) is 26.8 Å². The summed E-state index contributed by atoms with van der Waals surface area (Å²) in [5.74, 6) is 0.00367. The zero-order valence-electron chi connectivity index (χ0n) is 15.0. The lowest BCUT2D eigenvalue weighted by atomic mass is 9.96. The summed E-state index contributed by atoms with van der Waals surface area (Å²) in [6.07, 6.45) is 1.47. The van der Waals surface area contributed by atoms with Crippen LogP contribution < -0.4 is 10.6 Å². The van der Waals surface area contributed by atoms with Crippen molar-refractivity contribution in [2.45, 2.75) is 37.8 Å². The lowest BCUT2D eigenvalue weighted by Gasteiger charge is -2.18. The van der Waals surface area contributed by atoms with Gasteiger partial charge in [0.15, 0.2) is 0 Å². The number of hydrogen-bond acceptors (Lipinski definition) is 5. The van der Waals surface area contributed by atoms with Crippen molar-refractivity contribution in [3.8, 4) is 0 Å². The van der Waals surface area contributed by atoms with Crippen LogP contribution in [0.5, 0.6) is 0 Å². The van der Waals surface area contributed by atoms with Crippen LogP contribution in [0.15, 0.2) is 16.3 Å². The van der Waals surface area contributed by atoms with Crippen molar-refractivity contribution in [1.29, 1.82) is 0 Å². The minimum Gasteiger partial charge on any atom is -0.355 e. The molecule has 1 aliphatic heterocycles. The number of thiophene rings is 1. The van der Waals surface area contributed by atoms with Gasteiger partial charge in [-0.25, -0.2) is 8.42 Å². The maximum Gasteiger partial charge on any atom is 0.252 e. The van der Waals surface area contributed by atoms with Crippen LogP contribution in [-0.2, 0) is 21.2 Å². The summed E-state index contributed by atoms with van der Waals surface area (Å²) < 4.78 is 27.4. The van der Waals surface area contributed by atoms with Gasteiger partial charge in [0, 0.05) is 36.5 Å². The van der Waals surface area contributed by atoms with Gasteiger partial charge in [0.25, 0.3) is 10.0 Å². The van der Waals surface area contributed by atoms with Crippen molar-refractivity contribution in [2.75, 3.05) is 32.7 Å². The number of nitrogens with zero attached hydrogens (tertiary/aromatic N) is 1. The van der Waals surface area contributed by atoms with Crippen molar-refractivity contribution in [1.82, 2.24) is 14.9 Å². The molecule has 6 nitrogen and oxygen atoms in total. The largest absolute Gasteiger partial charge is 0.355 e. The first-order chi connectivity index (χ1) is 11.2. The molecule has 2 heterocycles. The molecule has 25 heavy (non-hydrogen) atoms. The van der Waals surface area contributed by atoms with Crippen LogP contribution in [-0.4, -0.2) is 51.4 Å². The molecule has 0 radical (unpaired) electrons. The van der Waals surface area contributed by atoms with Gasteiger partial charge in [0.05, 0.1) is 0 Å². The molecule has 9 heteroatoms. The van der Waals surface area contributed by atoms with Crippen LogP contribution in [0.25, 0.3) is 0 Å². The number of halogens is 1. The van der Waals surface area contributed by atoms with Gasteiger partial charge in [-0.15, -0.1) is 23.7 Å². The first kappa shape index (κ1) is 22.4. The van der Waals surface area contributed by atoms with E-state index in [4.69, 9.17) is 0 Å². The first-order valence-corrected chi connectivity index (χ1v) is 10.5. The number of rotatable bonds is 5. The fourth-order valence-corrected chi connectivity index (χ4v) is 5.37. The van der Waals surface area contributed by atoms with Gasteiger partial charge < -0.3 is 10.6 Å². The van der Waals surface area contributed by atoms with Crippen molar-refractivity contribution < 1.29 is 13.2 Å². The van der Waals surface area contributed by atoms with E-state index in [1.165, 1.54) is 11.3 Å². The minimum atomic E-state index is -3.40. The molecule has 1 fully saturated rings. The first-order valence-electron chi connectivity index (χ1n) is 8.29. The number of amides is 1. The van der Waals surface area contributed by atoms with Gasteiger partial charge in [-0.2, -0.15) is 4.31 Å². The second kappa shape index (κ2) is 9.32. The molecule has 0 saturated carbocycles. The zero-order chi connectivity index (χ0) is 17.8. The Morgan fingerprint density at radius 1 is 1.28 bits per heavy atom. The molecule has 0 aromatic carbocycles. The molecular formula is C16H28ClN3O3S2. The lowest BCUT2D eigenvalue weighted by Crippen LogP contribution is -2.35. The molecular weight excluding hydrogens is 382 g/mol. The molecule has 1 saturated heterocycles.